The number of pyridine rings is 1. The van der Waals surface area contributed by atoms with Gasteiger partial charge in [0, 0.05) is 18.3 Å². The lowest BCUT2D eigenvalue weighted by Crippen LogP contribution is -2.05. The van der Waals surface area contributed by atoms with Crippen molar-refractivity contribution < 1.29 is 9.15 Å². The van der Waals surface area contributed by atoms with E-state index in [0.717, 1.165) is 11.3 Å². The van der Waals surface area contributed by atoms with Crippen molar-refractivity contribution >= 4 is 0 Å². The molecule has 2 heterocycles. The van der Waals surface area contributed by atoms with Crippen molar-refractivity contribution in [1.82, 2.24) is 4.98 Å². The number of nitrogens with two attached hydrogens (primary N) is 1. The molecule has 4 heteroatoms. The molecular formula is C12H14N2O2. The van der Waals surface area contributed by atoms with Gasteiger partial charge in [0.1, 0.15) is 12.4 Å². The van der Waals surface area contributed by atoms with Gasteiger partial charge in [-0.3, -0.25) is 0 Å². The monoisotopic (exact) mass is 218 g/mol. The van der Waals surface area contributed by atoms with Crippen LogP contribution in [0.1, 0.15) is 24.3 Å². The van der Waals surface area contributed by atoms with Gasteiger partial charge >= 0.3 is 0 Å². The van der Waals surface area contributed by atoms with Gasteiger partial charge in [-0.15, -0.1) is 0 Å². The van der Waals surface area contributed by atoms with Crippen LogP contribution in [0.5, 0.6) is 5.88 Å². The third-order valence-electron chi connectivity index (χ3n) is 2.23. The summed E-state index contributed by atoms with van der Waals surface area (Å²) < 4.78 is 10.6. The topological polar surface area (TPSA) is 61.3 Å². The van der Waals surface area contributed by atoms with E-state index in [-0.39, 0.29) is 6.04 Å². The van der Waals surface area contributed by atoms with Gasteiger partial charge in [-0.1, -0.05) is 6.07 Å². The molecule has 2 N–H and O–H groups in total. The predicted octanol–water partition coefficient (Wildman–Crippen LogP) is 2.27. The van der Waals surface area contributed by atoms with Crippen LogP contribution < -0.4 is 10.5 Å². The van der Waals surface area contributed by atoms with E-state index in [9.17, 15) is 0 Å². The summed E-state index contributed by atoms with van der Waals surface area (Å²) in [5, 5.41) is 0. The van der Waals surface area contributed by atoms with Crippen LogP contribution in [0.25, 0.3) is 0 Å². The molecule has 0 aliphatic heterocycles. The van der Waals surface area contributed by atoms with Crippen LogP contribution in [0.4, 0.5) is 0 Å². The maximum Gasteiger partial charge on any atom is 0.213 e. The van der Waals surface area contributed by atoms with E-state index in [1.165, 1.54) is 0 Å². The fourth-order valence-corrected chi connectivity index (χ4v) is 1.29. The summed E-state index contributed by atoms with van der Waals surface area (Å²) in [6.07, 6.45) is 3.34. The van der Waals surface area contributed by atoms with Crippen molar-refractivity contribution in [2.24, 2.45) is 5.73 Å². The second-order valence-electron chi connectivity index (χ2n) is 3.59. The number of hydrogen-bond donors (Lipinski definition) is 1. The van der Waals surface area contributed by atoms with Crippen LogP contribution in [0, 0.1) is 0 Å². The number of aromatic nitrogens is 1. The number of ether oxygens (including phenoxy) is 1. The van der Waals surface area contributed by atoms with E-state index in [0.29, 0.717) is 12.5 Å². The van der Waals surface area contributed by atoms with Crippen molar-refractivity contribution in [1.29, 1.82) is 0 Å². The fraction of sp³-hybridized carbons (Fsp3) is 0.250. The van der Waals surface area contributed by atoms with Crippen molar-refractivity contribution in [3.63, 3.8) is 0 Å². The average Bonchev–Trinajstić information content (AvgIpc) is 2.80. The first-order valence-corrected chi connectivity index (χ1v) is 5.12. The summed E-state index contributed by atoms with van der Waals surface area (Å²) in [5.41, 5.74) is 6.71. The van der Waals surface area contributed by atoms with E-state index >= 15 is 0 Å². The first kappa shape index (κ1) is 10.7. The van der Waals surface area contributed by atoms with Gasteiger partial charge in [0.25, 0.3) is 0 Å². The minimum absolute atomic E-state index is 0.00776. The Morgan fingerprint density at radius 1 is 1.44 bits per heavy atom. The molecule has 0 bridgehead atoms. The summed E-state index contributed by atoms with van der Waals surface area (Å²) in [6.45, 7) is 2.30. The Bertz CT molecular complexity index is 421. The Morgan fingerprint density at radius 3 is 2.88 bits per heavy atom. The van der Waals surface area contributed by atoms with Crippen molar-refractivity contribution in [3.05, 3.63) is 48.0 Å². The molecule has 2 aromatic heterocycles. The van der Waals surface area contributed by atoms with Gasteiger partial charge in [0.2, 0.25) is 5.88 Å². The molecule has 0 aromatic carbocycles. The Kier molecular flexibility index (Phi) is 3.22. The van der Waals surface area contributed by atoms with Crippen LogP contribution in [0.2, 0.25) is 0 Å². The SMILES string of the molecule is C[C@H](N)c1ccc(OCc2ccco2)nc1. The molecule has 2 rings (SSSR count). The molecule has 0 saturated carbocycles. The minimum Gasteiger partial charge on any atom is -0.469 e. The van der Waals surface area contributed by atoms with Gasteiger partial charge < -0.3 is 14.9 Å². The minimum atomic E-state index is -0.00776. The van der Waals surface area contributed by atoms with Gasteiger partial charge in [0.05, 0.1) is 6.26 Å². The highest BCUT2D eigenvalue weighted by atomic mass is 16.5. The molecule has 16 heavy (non-hydrogen) atoms. The molecule has 0 unspecified atom stereocenters. The molecule has 0 aliphatic rings. The van der Waals surface area contributed by atoms with Crippen LogP contribution >= 0.6 is 0 Å². The Morgan fingerprint density at radius 2 is 2.31 bits per heavy atom. The van der Waals surface area contributed by atoms with Crippen LogP contribution in [0.15, 0.2) is 41.1 Å². The molecule has 0 spiro atoms. The number of hydrogen-bond acceptors (Lipinski definition) is 4. The number of furan rings is 1. The van der Waals surface area contributed by atoms with Gasteiger partial charge in [-0.25, -0.2) is 4.98 Å². The van der Waals surface area contributed by atoms with E-state index < -0.39 is 0 Å². The normalized spacial score (nSPS) is 12.4. The molecular weight excluding hydrogens is 204 g/mol. The average molecular weight is 218 g/mol. The summed E-state index contributed by atoms with van der Waals surface area (Å²) in [7, 11) is 0. The highest BCUT2D eigenvalue weighted by Crippen LogP contribution is 2.13. The lowest BCUT2D eigenvalue weighted by atomic mass is 10.2. The molecule has 0 fully saturated rings. The summed E-state index contributed by atoms with van der Waals surface area (Å²) >= 11 is 0. The van der Waals surface area contributed by atoms with Crippen LogP contribution in [-0.4, -0.2) is 4.98 Å². The molecule has 0 saturated heterocycles. The zero-order chi connectivity index (χ0) is 11.4. The number of nitrogens with zero attached hydrogens (tertiary/aromatic N) is 1. The van der Waals surface area contributed by atoms with Crippen LogP contribution in [0.3, 0.4) is 0 Å². The maximum absolute atomic E-state index is 5.72. The molecule has 1 atom stereocenters. The van der Waals surface area contributed by atoms with E-state index in [1.807, 2.05) is 31.2 Å². The molecule has 0 aliphatic carbocycles. The van der Waals surface area contributed by atoms with Gasteiger partial charge in [0.15, 0.2) is 0 Å². The Balaban J connectivity index is 1.95. The third kappa shape index (κ3) is 2.61. The summed E-state index contributed by atoms with van der Waals surface area (Å²) in [5.74, 6) is 1.35. The quantitative estimate of drug-likeness (QED) is 0.855. The summed E-state index contributed by atoms with van der Waals surface area (Å²) in [6, 6.07) is 7.39. The van der Waals surface area contributed by atoms with Crippen molar-refractivity contribution in [2.75, 3.05) is 0 Å². The Labute approximate surface area is 94.1 Å². The lowest BCUT2D eigenvalue weighted by Gasteiger charge is -2.06. The molecule has 84 valence electrons. The molecule has 2 aromatic rings. The van der Waals surface area contributed by atoms with Crippen molar-refractivity contribution in [3.8, 4) is 5.88 Å². The Hall–Kier alpha value is -1.81. The standard InChI is InChI=1S/C12H14N2O2/c1-9(13)10-4-5-12(14-7-10)16-8-11-3-2-6-15-11/h2-7,9H,8,13H2,1H3/t9-/m0/s1. The van der Waals surface area contributed by atoms with E-state index in [1.54, 1.807) is 12.5 Å². The first-order chi connectivity index (χ1) is 7.75. The second-order valence-corrected chi connectivity index (χ2v) is 3.59. The zero-order valence-corrected chi connectivity index (χ0v) is 9.09. The molecule has 0 radical (unpaired) electrons. The third-order valence-corrected chi connectivity index (χ3v) is 2.23. The maximum atomic E-state index is 5.72. The summed E-state index contributed by atoms with van der Waals surface area (Å²) in [4.78, 5) is 4.16. The smallest absolute Gasteiger partial charge is 0.213 e. The lowest BCUT2D eigenvalue weighted by molar-refractivity contribution is 0.260. The molecule has 4 nitrogen and oxygen atoms in total. The largest absolute Gasteiger partial charge is 0.469 e. The molecule has 0 amide bonds. The number of rotatable bonds is 4. The zero-order valence-electron chi connectivity index (χ0n) is 9.09. The van der Waals surface area contributed by atoms with Gasteiger partial charge in [-0.2, -0.15) is 0 Å². The highest BCUT2D eigenvalue weighted by molar-refractivity contribution is 5.20. The predicted molar refractivity (Wildman–Crippen MR) is 59.9 cm³/mol. The van der Waals surface area contributed by atoms with Gasteiger partial charge in [-0.05, 0) is 24.6 Å². The fourth-order valence-electron chi connectivity index (χ4n) is 1.29. The van der Waals surface area contributed by atoms with E-state index in [4.69, 9.17) is 14.9 Å². The van der Waals surface area contributed by atoms with E-state index in [2.05, 4.69) is 4.98 Å². The highest BCUT2D eigenvalue weighted by Gasteiger charge is 2.02. The van der Waals surface area contributed by atoms with Crippen molar-refractivity contribution in [2.45, 2.75) is 19.6 Å². The first-order valence-electron chi connectivity index (χ1n) is 5.12. The van der Waals surface area contributed by atoms with Crippen LogP contribution in [-0.2, 0) is 6.61 Å². The second kappa shape index (κ2) is 4.81.